The van der Waals surface area contributed by atoms with Crippen LogP contribution in [-0.2, 0) is 4.79 Å². The average Bonchev–Trinajstić information content (AvgIpc) is 3.33. The Balaban J connectivity index is 1.76. The van der Waals surface area contributed by atoms with Gasteiger partial charge in [-0.25, -0.2) is 4.99 Å². The minimum atomic E-state index is -0.326. The number of rotatable bonds is 5. The van der Waals surface area contributed by atoms with Crippen LogP contribution in [0.4, 0.5) is 0 Å². The van der Waals surface area contributed by atoms with E-state index in [0.29, 0.717) is 35.5 Å². The van der Waals surface area contributed by atoms with E-state index in [0.717, 1.165) is 18.4 Å². The summed E-state index contributed by atoms with van der Waals surface area (Å²) in [7, 11) is 0. The predicted octanol–water partition coefficient (Wildman–Crippen LogP) is 3.03. The highest BCUT2D eigenvalue weighted by atomic mass is 35.5. The average molecular weight is 373 g/mol. The van der Waals surface area contributed by atoms with Gasteiger partial charge in [-0.1, -0.05) is 12.7 Å². The predicted molar refractivity (Wildman–Crippen MR) is 103 cm³/mol. The van der Waals surface area contributed by atoms with Crippen molar-refractivity contribution in [3.8, 4) is 0 Å². The van der Waals surface area contributed by atoms with Gasteiger partial charge in [0.15, 0.2) is 5.82 Å². The van der Waals surface area contributed by atoms with Crippen LogP contribution in [0.3, 0.4) is 0 Å². The molecule has 1 unspecified atom stereocenters. The lowest BCUT2D eigenvalue weighted by Gasteiger charge is -2.16. The molecule has 0 aromatic carbocycles. The molecule has 3 rings (SSSR count). The highest BCUT2D eigenvalue weighted by Crippen LogP contribution is 2.36. The number of hydrogen-bond acceptors (Lipinski definition) is 5. The van der Waals surface area contributed by atoms with Crippen molar-refractivity contribution in [1.29, 1.82) is 0 Å². The summed E-state index contributed by atoms with van der Waals surface area (Å²) < 4.78 is 1.97. The van der Waals surface area contributed by atoms with Crippen molar-refractivity contribution in [2.24, 2.45) is 9.98 Å². The highest BCUT2D eigenvalue weighted by molar-refractivity contribution is 6.43. The van der Waals surface area contributed by atoms with Crippen LogP contribution in [0.25, 0.3) is 5.70 Å². The van der Waals surface area contributed by atoms with Gasteiger partial charge in [0.1, 0.15) is 23.6 Å². The molecule has 0 bridgehead atoms. The Morgan fingerprint density at radius 3 is 2.92 bits per heavy atom. The molecule has 136 valence electrons. The molecule has 1 amide bonds. The largest absolute Gasteiger partial charge is 0.309 e. The minimum Gasteiger partial charge on any atom is -0.309 e. The van der Waals surface area contributed by atoms with Gasteiger partial charge in [-0.15, -0.1) is 21.8 Å². The van der Waals surface area contributed by atoms with E-state index in [2.05, 4.69) is 32.1 Å². The number of amidine groups is 1. The number of aromatic nitrogens is 3. The highest BCUT2D eigenvalue weighted by Gasteiger charge is 2.27. The first kappa shape index (κ1) is 18.3. The summed E-state index contributed by atoms with van der Waals surface area (Å²) in [4.78, 5) is 21.1. The number of aliphatic imine (C=N–C) groups is 2. The zero-order valence-electron chi connectivity index (χ0n) is 14.8. The molecule has 1 atom stereocenters. The Hall–Kier alpha value is -2.54. The number of amides is 1. The van der Waals surface area contributed by atoms with E-state index in [1.165, 1.54) is 0 Å². The number of alkyl halides is 1. The Morgan fingerprint density at radius 2 is 2.27 bits per heavy atom. The van der Waals surface area contributed by atoms with Gasteiger partial charge in [0, 0.05) is 18.7 Å². The second-order valence-electron chi connectivity index (χ2n) is 6.31. The van der Waals surface area contributed by atoms with Crippen molar-refractivity contribution in [2.75, 3.05) is 0 Å². The van der Waals surface area contributed by atoms with E-state index >= 15 is 0 Å². The molecule has 0 radical (unpaired) electrons. The van der Waals surface area contributed by atoms with Gasteiger partial charge in [-0.05, 0) is 38.3 Å². The molecule has 2 heterocycles. The molecule has 8 heteroatoms. The van der Waals surface area contributed by atoms with Crippen molar-refractivity contribution in [2.45, 2.75) is 44.5 Å². The topological polar surface area (TPSA) is 84.5 Å². The molecule has 26 heavy (non-hydrogen) atoms. The van der Waals surface area contributed by atoms with E-state index in [1.54, 1.807) is 24.7 Å². The molecular weight excluding hydrogens is 352 g/mol. The lowest BCUT2D eigenvalue weighted by atomic mass is 10.1. The monoisotopic (exact) mass is 372 g/mol. The van der Waals surface area contributed by atoms with Crippen LogP contribution in [0.1, 0.15) is 45.0 Å². The van der Waals surface area contributed by atoms with Gasteiger partial charge >= 0.3 is 0 Å². The van der Waals surface area contributed by atoms with Gasteiger partial charge in [0.2, 0.25) is 0 Å². The van der Waals surface area contributed by atoms with Crippen molar-refractivity contribution in [3.05, 3.63) is 42.7 Å². The number of carbonyl (C=O) groups is 1. The lowest BCUT2D eigenvalue weighted by Crippen LogP contribution is -2.37. The number of hydrogen-bond donors (Lipinski definition) is 1. The normalized spacial score (nSPS) is 20.7. The standard InChI is InChI=1S/C18H21ClN6O/c1-4-5-16(23-18(26)15-8-14(19)11(2)9-20-15)22-12(3)17-24-21-10-25(17)13-6-7-13/h4-5,9-10,13-14H,3,6-8H2,1-2H3,(H,22,23,26)/b5-4-. The molecular formula is C18H21ClN6O. The van der Waals surface area contributed by atoms with Gasteiger partial charge < -0.3 is 9.88 Å². The summed E-state index contributed by atoms with van der Waals surface area (Å²) in [5.74, 6) is 0.652. The molecule has 1 fully saturated rings. The molecule has 7 nitrogen and oxygen atoms in total. The minimum absolute atomic E-state index is 0.220. The summed E-state index contributed by atoms with van der Waals surface area (Å²) in [5, 5.41) is 10.6. The zero-order valence-corrected chi connectivity index (χ0v) is 15.6. The summed E-state index contributed by atoms with van der Waals surface area (Å²) in [6.45, 7) is 7.71. The zero-order chi connectivity index (χ0) is 18.7. The van der Waals surface area contributed by atoms with Crippen LogP contribution in [-0.4, -0.2) is 37.6 Å². The SMILES string of the molecule is C=C(/N=C(\C=C/C)NC(=O)C1=NC=C(C)C(Cl)C1)c1nncn1C1CC1. The number of halogens is 1. The third kappa shape index (κ3) is 4.16. The molecule has 1 saturated carbocycles. The van der Waals surface area contributed by atoms with E-state index in [-0.39, 0.29) is 11.3 Å². The molecule has 2 aliphatic rings. The van der Waals surface area contributed by atoms with Crippen LogP contribution >= 0.6 is 11.6 Å². The maximum Gasteiger partial charge on any atom is 0.271 e. The van der Waals surface area contributed by atoms with Crippen molar-refractivity contribution in [1.82, 2.24) is 20.1 Å². The Bertz CT molecular complexity index is 844. The fourth-order valence-corrected chi connectivity index (χ4v) is 2.72. The van der Waals surface area contributed by atoms with Crippen molar-refractivity contribution < 1.29 is 4.79 Å². The summed E-state index contributed by atoms with van der Waals surface area (Å²) >= 11 is 6.20. The number of carbonyl (C=O) groups excluding carboxylic acids is 1. The first-order valence-corrected chi connectivity index (χ1v) is 8.92. The fourth-order valence-electron chi connectivity index (χ4n) is 2.51. The van der Waals surface area contributed by atoms with Gasteiger partial charge in [0.25, 0.3) is 5.91 Å². The van der Waals surface area contributed by atoms with E-state index in [4.69, 9.17) is 11.6 Å². The molecule has 0 saturated heterocycles. The van der Waals surface area contributed by atoms with Crippen molar-refractivity contribution >= 4 is 34.8 Å². The molecule has 1 aromatic rings. The summed E-state index contributed by atoms with van der Waals surface area (Å²) in [6.07, 6.45) is 9.39. The first-order valence-electron chi connectivity index (χ1n) is 8.48. The molecule has 1 aromatic heterocycles. The second kappa shape index (κ2) is 7.78. The smallest absolute Gasteiger partial charge is 0.271 e. The third-order valence-electron chi connectivity index (χ3n) is 4.15. The van der Waals surface area contributed by atoms with Crippen LogP contribution < -0.4 is 5.32 Å². The van der Waals surface area contributed by atoms with Gasteiger partial charge in [-0.2, -0.15) is 0 Å². The molecule has 1 N–H and O–H groups in total. The Labute approximate surface area is 157 Å². The van der Waals surface area contributed by atoms with E-state index in [9.17, 15) is 4.79 Å². The Kier molecular flexibility index (Phi) is 5.46. The summed E-state index contributed by atoms with van der Waals surface area (Å²) in [6, 6.07) is 0.416. The van der Waals surface area contributed by atoms with Crippen LogP contribution in [0.15, 0.2) is 46.8 Å². The van der Waals surface area contributed by atoms with E-state index in [1.807, 2.05) is 18.4 Å². The molecule has 0 spiro atoms. The number of nitrogens with one attached hydrogen (secondary N) is 1. The number of allylic oxidation sites excluding steroid dienone is 2. The summed E-state index contributed by atoms with van der Waals surface area (Å²) in [5.41, 5.74) is 1.76. The number of nitrogens with zero attached hydrogens (tertiary/aromatic N) is 5. The molecule has 1 aliphatic carbocycles. The fraction of sp³-hybridized carbons (Fsp3) is 0.389. The quantitative estimate of drug-likeness (QED) is 0.489. The Morgan fingerprint density at radius 1 is 1.50 bits per heavy atom. The maximum absolute atomic E-state index is 12.5. The van der Waals surface area contributed by atoms with Gasteiger partial charge in [-0.3, -0.25) is 9.79 Å². The van der Waals surface area contributed by atoms with Crippen LogP contribution in [0.2, 0.25) is 0 Å². The van der Waals surface area contributed by atoms with Crippen LogP contribution in [0, 0.1) is 0 Å². The lowest BCUT2D eigenvalue weighted by molar-refractivity contribution is -0.113. The van der Waals surface area contributed by atoms with Crippen LogP contribution in [0.5, 0.6) is 0 Å². The van der Waals surface area contributed by atoms with E-state index < -0.39 is 0 Å². The van der Waals surface area contributed by atoms with Gasteiger partial charge in [0.05, 0.1) is 5.38 Å². The molecule has 1 aliphatic heterocycles. The maximum atomic E-state index is 12.5. The van der Waals surface area contributed by atoms with Crippen molar-refractivity contribution in [3.63, 3.8) is 0 Å². The first-order chi connectivity index (χ1) is 12.5. The second-order valence-corrected chi connectivity index (χ2v) is 6.84. The third-order valence-corrected chi connectivity index (χ3v) is 4.64.